The van der Waals surface area contributed by atoms with Crippen molar-refractivity contribution in [1.29, 1.82) is 5.26 Å². The van der Waals surface area contributed by atoms with Crippen LogP contribution in [0.2, 0.25) is 0 Å². The first-order valence-corrected chi connectivity index (χ1v) is 5.47. The Kier molecular flexibility index (Phi) is 3.71. The topological polar surface area (TPSA) is 35.8 Å². The first kappa shape index (κ1) is 13.0. The third kappa shape index (κ3) is 3.05. The maximum absolute atomic E-state index is 13.4. The van der Waals surface area contributed by atoms with Crippen LogP contribution in [0.4, 0.5) is 18.9 Å². The largest absolute Gasteiger partial charge is 0.379 e. The molecular weight excluding hydrogens is 253 g/mol. The van der Waals surface area contributed by atoms with Gasteiger partial charge >= 0.3 is 0 Å². The highest BCUT2D eigenvalue weighted by Crippen LogP contribution is 2.17. The lowest BCUT2D eigenvalue weighted by atomic mass is 10.1. The molecule has 0 aliphatic heterocycles. The van der Waals surface area contributed by atoms with Crippen molar-refractivity contribution < 1.29 is 13.2 Å². The number of nitriles is 1. The Morgan fingerprint density at radius 1 is 1.00 bits per heavy atom. The van der Waals surface area contributed by atoms with Gasteiger partial charge in [0.2, 0.25) is 0 Å². The molecule has 0 amide bonds. The van der Waals surface area contributed by atoms with Gasteiger partial charge in [0.1, 0.15) is 17.5 Å². The van der Waals surface area contributed by atoms with Crippen LogP contribution in [0.3, 0.4) is 0 Å². The lowest BCUT2D eigenvalue weighted by Gasteiger charge is -2.09. The van der Waals surface area contributed by atoms with Crippen LogP contribution in [-0.2, 0) is 6.54 Å². The maximum atomic E-state index is 13.4. The summed E-state index contributed by atoms with van der Waals surface area (Å²) < 4.78 is 39.2. The predicted molar refractivity (Wildman–Crippen MR) is 64.8 cm³/mol. The first-order chi connectivity index (χ1) is 9.10. The van der Waals surface area contributed by atoms with Gasteiger partial charge in [0, 0.05) is 12.6 Å². The Morgan fingerprint density at radius 3 is 2.37 bits per heavy atom. The minimum absolute atomic E-state index is 0.0726. The highest BCUT2D eigenvalue weighted by Gasteiger charge is 2.06. The molecule has 0 aromatic heterocycles. The predicted octanol–water partition coefficient (Wildman–Crippen LogP) is 3.59. The number of hydrogen-bond acceptors (Lipinski definition) is 2. The molecule has 0 atom stereocenters. The van der Waals surface area contributed by atoms with Crippen LogP contribution in [0.15, 0.2) is 36.4 Å². The Balaban J connectivity index is 2.19. The summed E-state index contributed by atoms with van der Waals surface area (Å²) in [6.07, 6.45) is 0. The smallest absolute Gasteiger partial charge is 0.149 e. The van der Waals surface area contributed by atoms with Gasteiger partial charge in [-0.2, -0.15) is 5.26 Å². The highest BCUT2D eigenvalue weighted by molar-refractivity contribution is 5.47. The zero-order valence-corrected chi connectivity index (χ0v) is 9.75. The number of halogens is 3. The number of anilines is 1. The van der Waals surface area contributed by atoms with Crippen molar-refractivity contribution in [3.8, 4) is 6.07 Å². The fraction of sp³-hybridized carbons (Fsp3) is 0.0714. The number of nitrogens with one attached hydrogen (secondary N) is 1. The second-order valence-corrected chi connectivity index (χ2v) is 3.89. The van der Waals surface area contributed by atoms with Gasteiger partial charge in [0.05, 0.1) is 17.3 Å². The zero-order valence-electron chi connectivity index (χ0n) is 9.75. The van der Waals surface area contributed by atoms with Crippen molar-refractivity contribution in [2.45, 2.75) is 6.54 Å². The van der Waals surface area contributed by atoms with E-state index in [-0.39, 0.29) is 12.2 Å². The standard InChI is InChI=1S/C14H9F3N2/c15-11-2-1-9(7-18)10(5-11)8-19-14-4-3-12(16)6-13(14)17/h1-6,19H,8H2. The monoisotopic (exact) mass is 262 g/mol. The molecule has 0 spiro atoms. The quantitative estimate of drug-likeness (QED) is 0.917. The van der Waals surface area contributed by atoms with E-state index in [4.69, 9.17) is 5.26 Å². The lowest BCUT2D eigenvalue weighted by molar-refractivity contribution is 0.585. The average Bonchev–Trinajstić information content (AvgIpc) is 2.38. The van der Waals surface area contributed by atoms with E-state index in [1.165, 1.54) is 24.3 Å². The summed E-state index contributed by atoms with van der Waals surface area (Å²) in [6, 6.07) is 8.77. The summed E-state index contributed by atoms with van der Waals surface area (Å²) in [5.74, 6) is -1.89. The van der Waals surface area contributed by atoms with Crippen LogP contribution >= 0.6 is 0 Å². The van der Waals surface area contributed by atoms with Crippen LogP contribution in [0.5, 0.6) is 0 Å². The molecule has 2 aromatic rings. The van der Waals surface area contributed by atoms with Crippen LogP contribution in [0.1, 0.15) is 11.1 Å². The van der Waals surface area contributed by atoms with E-state index in [0.717, 1.165) is 12.1 Å². The fourth-order valence-corrected chi connectivity index (χ4v) is 1.64. The van der Waals surface area contributed by atoms with E-state index in [2.05, 4.69) is 5.32 Å². The van der Waals surface area contributed by atoms with Crippen LogP contribution in [0, 0.1) is 28.8 Å². The van der Waals surface area contributed by atoms with Crippen molar-refractivity contribution in [2.24, 2.45) is 0 Å². The van der Waals surface area contributed by atoms with Crippen LogP contribution in [-0.4, -0.2) is 0 Å². The molecule has 2 rings (SSSR count). The molecule has 19 heavy (non-hydrogen) atoms. The minimum atomic E-state index is -0.741. The lowest BCUT2D eigenvalue weighted by Crippen LogP contribution is -2.04. The second-order valence-electron chi connectivity index (χ2n) is 3.89. The molecule has 2 aromatic carbocycles. The number of rotatable bonds is 3. The van der Waals surface area contributed by atoms with Gasteiger partial charge in [-0.3, -0.25) is 0 Å². The van der Waals surface area contributed by atoms with Gasteiger partial charge in [0.15, 0.2) is 0 Å². The van der Waals surface area contributed by atoms with Gasteiger partial charge in [-0.15, -0.1) is 0 Å². The van der Waals surface area contributed by atoms with Crippen molar-refractivity contribution in [3.63, 3.8) is 0 Å². The molecule has 0 saturated heterocycles. The van der Waals surface area contributed by atoms with Crippen molar-refractivity contribution >= 4 is 5.69 Å². The number of hydrogen-bond donors (Lipinski definition) is 1. The summed E-state index contributed by atoms with van der Waals surface area (Å²) in [4.78, 5) is 0. The molecule has 0 unspecified atom stereocenters. The van der Waals surface area contributed by atoms with Gasteiger partial charge in [-0.1, -0.05) is 0 Å². The van der Waals surface area contributed by atoms with Crippen LogP contribution < -0.4 is 5.32 Å². The van der Waals surface area contributed by atoms with Crippen LogP contribution in [0.25, 0.3) is 0 Å². The van der Waals surface area contributed by atoms with Crippen molar-refractivity contribution in [1.82, 2.24) is 0 Å². The second kappa shape index (κ2) is 5.44. The molecule has 0 aliphatic rings. The molecular formula is C14H9F3N2. The molecule has 0 heterocycles. The minimum Gasteiger partial charge on any atom is -0.379 e. The van der Waals surface area contributed by atoms with Gasteiger partial charge in [-0.05, 0) is 35.9 Å². The van der Waals surface area contributed by atoms with Gasteiger partial charge in [0.25, 0.3) is 0 Å². The van der Waals surface area contributed by atoms with E-state index in [9.17, 15) is 13.2 Å². The molecule has 96 valence electrons. The molecule has 0 fully saturated rings. The molecule has 5 heteroatoms. The van der Waals surface area contributed by atoms with E-state index in [1.807, 2.05) is 6.07 Å². The van der Waals surface area contributed by atoms with Gasteiger partial charge < -0.3 is 5.32 Å². The molecule has 0 bridgehead atoms. The van der Waals surface area contributed by atoms with E-state index < -0.39 is 17.5 Å². The Hall–Kier alpha value is -2.48. The molecule has 0 saturated carbocycles. The van der Waals surface area contributed by atoms with Crippen molar-refractivity contribution in [2.75, 3.05) is 5.32 Å². The fourth-order valence-electron chi connectivity index (χ4n) is 1.64. The third-order valence-electron chi connectivity index (χ3n) is 2.59. The summed E-state index contributed by atoms with van der Waals surface area (Å²) in [7, 11) is 0. The summed E-state index contributed by atoms with van der Waals surface area (Å²) in [5, 5.41) is 11.6. The molecule has 0 aliphatic carbocycles. The average molecular weight is 262 g/mol. The number of benzene rings is 2. The SMILES string of the molecule is N#Cc1ccc(F)cc1CNc1ccc(F)cc1F. The summed E-state index contributed by atoms with van der Waals surface area (Å²) in [5.41, 5.74) is 0.803. The maximum Gasteiger partial charge on any atom is 0.149 e. The summed E-state index contributed by atoms with van der Waals surface area (Å²) in [6.45, 7) is 0.0726. The summed E-state index contributed by atoms with van der Waals surface area (Å²) >= 11 is 0. The van der Waals surface area contributed by atoms with E-state index in [0.29, 0.717) is 11.1 Å². The Morgan fingerprint density at radius 2 is 1.68 bits per heavy atom. The van der Waals surface area contributed by atoms with Crippen molar-refractivity contribution in [3.05, 3.63) is 65.0 Å². The zero-order chi connectivity index (χ0) is 13.8. The molecule has 1 N–H and O–H groups in total. The molecule has 0 radical (unpaired) electrons. The number of nitrogens with zero attached hydrogens (tertiary/aromatic N) is 1. The molecule has 2 nitrogen and oxygen atoms in total. The Bertz CT molecular complexity index is 648. The van der Waals surface area contributed by atoms with Gasteiger partial charge in [-0.25, -0.2) is 13.2 Å². The Labute approximate surface area is 108 Å². The highest BCUT2D eigenvalue weighted by atomic mass is 19.1. The normalized spacial score (nSPS) is 10.0. The van der Waals surface area contributed by atoms with E-state index >= 15 is 0 Å². The first-order valence-electron chi connectivity index (χ1n) is 5.47. The third-order valence-corrected chi connectivity index (χ3v) is 2.59. The van der Waals surface area contributed by atoms with E-state index in [1.54, 1.807) is 0 Å².